The zero-order chi connectivity index (χ0) is 21.3. The minimum atomic E-state index is -0.936. The maximum atomic E-state index is 13.2. The fourth-order valence-corrected chi connectivity index (χ4v) is 3.92. The molecule has 2 rings (SSSR count). The Kier molecular flexibility index (Phi) is 6.36. The minimum absolute atomic E-state index is 0.212. The van der Waals surface area contributed by atoms with E-state index in [0.717, 1.165) is 0 Å². The lowest BCUT2D eigenvalue weighted by Crippen LogP contribution is -2.50. The van der Waals surface area contributed by atoms with Gasteiger partial charge in [0.2, 0.25) is 0 Å². The summed E-state index contributed by atoms with van der Waals surface area (Å²) in [7, 11) is 0. The maximum absolute atomic E-state index is 13.2. The highest BCUT2D eigenvalue weighted by Crippen LogP contribution is 2.36. The molecular formula is C19H24N4O3S2. The molecule has 2 heterocycles. The van der Waals surface area contributed by atoms with Gasteiger partial charge < -0.3 is 9.64 Å². The first-order valence-electron chi connectivity index (χ1n) is 8.78. The first-order valence-corrected chi connectivity index (χ1v) is 10.4. The highest BCUT2D eigenvalue weighted by molar-refractivity contribution is 7.98. The molecule has 1 aliphatic heterocycles. The van der Waals surface area contributed by atoms with Gasteiger partial charge in [-0.25, -0.2) is 4.98 Å². The largest absolute Gasteiger partial charge is 0.466 e. The second-order valence-electron chi connectivity index (χ2n) is 7.53. The number of amides is 1. The molecule has 0 atom stereocenters. The molecule has 1 aliphatic rings. The van der Waals surface area contributed by atoms with Crippen LogP contribution < -0.4 is 4.90 Å². The van der Waals surface area contributed by atoms with Crippen LogP contribution in [0.15, 0.2) is 17.2 Å². The number of rotatable bonds is 6. The summed E-state index contributed by atoms with van der Waals surface area (Å²) in [6.45, 7) is 9.36. The summed E-state index contributed by atoms with van der Waals surface area (Å²) in [5, 5.41) is 9.47. The van der Waals surface area contributed by atoms with Crippen molar-refractivity contribution in [3.05, 3.63) is 18.0 Å². The number of anilines is 1. The Morgan fingerprint density at radius 2 is 2.11 bits per heavy atom. The summed E-state index contributed by atoms with van der Waals surface area (Å²) in [4.78, 5) is 33.5. The van der Waals surface area contributed by atoms with Crippen molar-refractivity contribution >= 4 is 46.7 Å². The smallest absolute Gasteiger partial charge is 0.313 e. The van der Waals surface area contributed by atoms with Crippen LogP contribution in [0.25, 0.3) is 0 Å². The van der Waals surface area contributed by atoms with E-state index in [1.165, 1.54) is 22.9 Å². The van der Waals surface area contributed by atoms with Crippen LogP contribution in [0.3, 0.4) is 0 Å². The zero-order valence-corrected chi connectivity index (χ0v) is 18.5. The molecule has 0 aliphatic carbocycles. The molecule has 0 aromatic carbocycles. The first-order chi connectivity index (χ1) is 13.0. The van der Waals surface area contributed by atoms with Crippen molar-refractivity contribution in [1.82, 2.24) is 9.88 Å². The van der Waals surface area contributed by atoms with E-state index in [4.69, 9.17) is 17.0 Å². The van der Waals surface area contributed by atoms with Gasteiger partial charge in [-0.2, -0.15) is 5.26 Å². The Hall–Kier alpha value is -2.18. The Bertz CT molecular complexity index is 861. The van der Waals surface area contributed by atoms with Gasteiger partial charge in [0.15, 0.2) is 10.8 Å². The summed E-state index contributed by atoms with van der Waals surface area (Å²) in [5.74, 6) is -0.556. The average Bonchev–Trinajstić information content (AvgIpc) is 2.81. The number of hydrogen-bond donors (Lipinski definition) is 0. The Labute approximate surface area is 175 Å². The highest BCUT2D eigenvalue weighted by Gasteiger charge is 2.51. The molecule has 0 saturated carbocycles. The lowest BCUT2D eigenvalue weighted by molar-refractivity contribution is -0.154. The molecule has 0 bridgehead atoms. The number of nitrogens with zero attached hydrogens (tertiary/aromatic N) is 4. The van der Waals surface area contributed by atoms with E-state index >= 15 is 0 Å². The summed E-state index contributed by atoms with van der Waals surface area (Å²) in [6, 6.07) is 3.77. The summed E-state index contributed by atoms with van der Waals surface area (Å²) >= 11 is 6.98. The number of aromatic nitrogens is 1. The Balaban J connectivity index is 2.41. The predicted molar refractivity (Wildman–Crippen MR) is 112 cm³/mol. The van der Waals surface area contributed by atoms with Crippen molar-refractivity contribution in [2.24, 2.45) is 5.41 Å². The van der Waals surface area contributed by atoms with E-state index in [0.29, 0.717) is 21.4 Å². The van der Waals surface area contributed by atoms with Crippen molar-refractivity contribution in [2.45, 2.75) is 45.1 Å². The number of carbonyl (C=O) groups is 2. The molecule has 1 saturated heterocycles. The number of pyridine rings is 1. The lowest BCUT2D eigenvalue weighted by atomic mass is 9.91. The van der Waals surface area contributed by atoms with E-state index in [1.807, 2.05) is 12.3 Å². The van der Waals surface area contributed by atoms with Crippen molar-refractivity contribution in [3.63, 3.8) is 0 Å². The third-order valence-electron chi connectivity index (χ3n) is 4.63. The Morgan fingerprint density at radius 3 is 2.64 bits per heavy atom. The number of carbonyl (C=O) groups excluding carboxylic acids is 2. The van der Waals surface area contributed by atoms with Crippen LogP contribution in [0.2, 0.25) is 0 Å². The molecule has 1 aromatic heterocycles. The van der Waals surface area contributed by atoms with Crippen LogP contribution >= 0.6 is 24.0 Å². The van der Waals surface area contributed by atoms with Crippen LogP contribution in [0.4, 0.5) is 5.69 Å². The van der Waals surface area contributed by atoms with Gasteiger partial charge in [0, 0.05) is 11.4 Å². The molecule has 28 heavy (non-hydrogen) atoms. The van der Waals surface area contributed by atoms with Crippen LogP contribution in [0, 0.1) is 16.7 Å². The van der Waals surface area contributed by atoms with Crippen molar-refractivity contribution in [2.75, 3.05) is 24.3 Å². The minimum Gasteiger partial charge on any atom is -0.466 e. The number of nitriles is 1. The molecule has 0 N–H and O–H groups in total. The molecule has 150 valence electrons. The van der Waals surface area contributed by atoms with Crippen molar-refractivity contribution < 1.29 is 14.3 Å². The summed E-state index contributed by atoms with van der Waals surface area (Å²) in [5.41, 5.74) is -0.980. The predicted octanol–water partition coefficient (Wildman–Crippen LogP) is 2.98. The molecular weight excluding hydrogens is 396 g/mol. The van der Waals surface area contributed by atoms with Gasteiger partial charge in [-0.05, 0) is 59.2 Å². The summed E-state index contributed by atoms with van der Waals surface area (Å²) < 4.78 is 5.16. The second-order valence-corrected chi connectivity index (χ2v) is 8.74. The van der Waals surface area contributed by atoms with Crippen LogP contribution in [0.1, 0.15) is 40.3 Å². The molecule has 1 fully saturated rings. The van der Waals surface area contributed by atoms with Gasteiger partial charge in [-0.3, -0.25) is 14.5 Å². The van der Waals surface area contributed by atoms with Crippen LogP contribution in [-0.2, 0) is 14.3 Å². The van der Waals surface area contributed by atoms with Gasteiger partial charge in [0.05, 0.1) is 23.9 Å². The first kappa shape index (κ1) is 22.1. The second kappa shape index (κ2) is 8.05. The fraction of sp³-hybridized carbons (Fsp3) is 0.526. The van der Waals surface area contributed by atoms with Crippen molar-refractivity contribution in [3.8, 4) is 6.07 Å². The number of ether oxygens (including phenoxy) is 1. The quantitative estimate of drug-likeness (QED) is 0.394. The number of thioether (sulfide) groups is 1. The topological polar surface area (TPSA) is 86.5 Å². The van der Waals surface area contributed by atoms with E-state index in [2.05, 4.69) is 4.98 Å². The number of thiocarbonyl (C=S) groups is 1. The van der Waals surface area contributed by atoms with Gasteiger partial charge in [0.1, 0.15) is 11.6 Å². The Morgan fingerprint density at radius 1 is 1.46 bits per heavy atom. The highest BCUT2D eigenvalue weighted by atomic mass is 32.2. The van der Waals surface area contributed by atoms with E-state index < -0.39 is 11.0 Å². The third-order valence-corrected chi connectivity index (χ3v) is 5.78. The van der Waals surface area contributed by atoms with Gasteiger partial charge in [0.25, 0.3) is 5.91 Å². The van der Waals surface area contributed by atoms with Gasteiger partial charge >= 0.3 is 5.97 Å². The lowest BCUT2D eigenvalue weighted by Gasteiger charge is -2.35. The molecule has 0 radical (unpaired) electrons. The van der Waals surface area contributed by atoms with Gasteiger partial charge in [-0.1, -0.05) is 0 Å². The average molecular weight is 421 g/mol. The normalized spacial score (nSPS) is 16.3. The standard InChI is InChI=1S/C19H24N4O3S2/c1-7-26-16(25)18(2,3)11-22-17(27)23(15(24)19(22,4)5)12-8-14(28-6)13(9-20)21-10-12/h8,10H,7,11H2,1-6H3. The van der Waals surface area contributed by atoms with Crippen molar-refractivity contribution in [1.29, 1.82) is 5.26 Å². The molecule has 1 aromatic rings. The van der Waals surface area contributed by atoms with Crippen LogP contribution in [-0.4, -0.2) is 51.8 Å². The maximum Gasteiger partial charge on any atom is 0.313 e. The van der Waals surface area contributed by atoms with Gasteiger partial charge in [-0.15, -0.1) is 11.8 Å². The number of hydrogen-bond acceptors (Lipinski definition) is 7. The molecule has 0 spiro atoms. The summed E-state index contributed by atoms with van der Waals surface area (Å²) in [6.07, 6.45) is 3.31. The molecule has 1 amide bonds. The molecule has 9 heteroatoms. The molecule has 7 nitrogen and oxygen atoms in total. The van der Waals surface area contributed by atoms with Crippen LogP contribution in [0.5, 0.6) is 0 Å². The fourth-order valence-electron chi connectivity index (χ4n) is 2.91. The van der Waals surface area contributed by atoms with E-state index in [9.17, 15) is 14.9 Å². The third kappa shape index (κ3) is 3.84. The SMILES string of the molecule is CCOC(=O)C(C)(C)CN1C(=S)N(c2cnc(C#N)c(SC)c2)C(=O)C1(C)C. The monoisotopic (exact) mass is 420 g/mol. The zero-order valence-electron chi connectivity index (χ0n) is 16.9. The van der Waals surface area contributed by atoms with E-state index in [1.54, 1.807) is 45.6 Å². The van der Waals surface area contributed by atoms with E-state index in [-0.39, 0.29) is 25.0 Å². The number of esters is 1. The molecule has 0 unspecified atom stereocenters.